The van der Waals surface area contributed by atoms with E-state index in [0.29, 0.717) is 28.1 Å². The van der Waals surface area contributed by atoms with Crippen LogP contribution in [-0.2, 0) is 4.57 Å². The molecule has 0 heterocycles. The Labute approximate surface area is 140 Å². The van der Waals surface area contributed by atoms with Crippen molar-refractivity contribution in [3.05, 3.63) is 84.2 Å². The molecule has 0 aliphatic heterocycles. The fraction of sp³-hybridized carbons (Fsp3) is 0.0556. The molecular weight excluding hydrogens is 327 g/mol. The van der Waals surface area contributed by atoms with Gasteiger partial charge in [0.15, 0.2) is 0 Å². The van der Waals surface area contributed by atoms with E-state index in [1.54, 1.807) is 30.3 Å². The first-order chi connectivity index (χ1) is 11.2. The van der Waals surface area contributed by atoms with Gasteiger partial charge in [-0.15, -0.1) is 0 Å². The molecule has 3 nitrogen and oxygen atoms in total. The summed E-state index contributed by atoms with van der Waals surface area (Å²) in [4.78, 5) is 0.572. The average molecular weight is 342 g/mol. The second-order valence-corrected chi connectivity index (χ2v) is 7.25. The normalized spacial score (nSPS) is 14.3. The number of allylic oxidation sites excluding steroid dienone is 4. The van der Waals surface area contributed by atoms with E-state index in [9.17, 15) is 4.57 Å². The second kappa shape index (κ2) is 6.95. The second-order valence-electron chi connectivity index (χ2n) is 4.91. The van der Waals surface area contributed by atoms with Gasteiger partial charge in [-0.1, -0.05) is 60.8 Å². The molecule has 1 aliphatic carbocycles. The summed E-state index contributed by atoms with van der Waals surface area (Å²) in [5, 5.41) is 0.433. The number of benzene rings is 2. The van der Waals surface area contributed by atoms with E-state index < -0.39 is 7.60 Å². The predicted octanol–water partition coefficient (Wildman–Crippen LogP) is 5.55. The Kier molecular flexibility index (Phi) is 4.75. The smallest absolute Gasteiger partial charge is 0.413 e. The summed E-state index contributed by atoms with van der Waals surface area (Å²) in [6.07, 6.45) is 6.00. The first-order valence-electron chi connectivity index (χ1n) is 7.17. The van der Waals surface area contributed by atoms with Crippen molar-refractivity contribution in [2.24, 2.45) is 0 Å². The molecule has 0 unspecified atom stereocenters. The molecule has 0 saturated carbocycles. The standard InChI is InChI=1S/C18H15O3PS/c19-22(17-13-7-8-14-18(17)23,20-15-9-3-1-4-10-15)21-16-11-5-2-6-12-16/h1-13H,14H2. The van der Waals surface area contributed by atoms with Crippen molar-refractivity contribution >= 4 is 24.7 Å². The van der Waals surface area contributed by atoms with Gasteiger partial charge in [-0.25, -0.2) is 4.57 Å². The third-order valence-electron chi connectivity index (χ3n) is 3.21. The molecule has 2 aromatic rings. The van der Waals surface area contributed by atoms with Crippen molar-refractivity contribution in [1.82, 2.24) is 0 Å². The van der Waals surface area contributed by atoms with Gasteiger partial charge < -0.3 is 9.05 Å². The van der Waals surface area contributed by atoms with Gasteiger partial charge in [0.25, 0.3) is 0 Å². The van der Waals surface area contributed by atoms with Crippen molar-refractivity contribution in [2.45, 2.75) is 6.42 Å². The van der Waals surface area contributed by atoms with Crippen LogP contribution in [0.15, 0.2) is 84.2 Å². The van der Waals surface area contributed by atoms with E-state index in [2.05, 4.69) is 0 Å². The molecule has 0 aromatic heterocycles. The molecule has 0 saturated heterocycles. The first kappa shape index (κ1) is 15.7. The average Bonchev–Trinajstić information content (AvgIpc) is 2.57. The summed E-state index contributed by atoms with van der Waals surface area (Å²) in [5.74, 6) is 0.954. The van der Waals surface area contributed by atoms with Crippen LogP contribution in [0.3, 0.4) is 0 Å². The highest BCUT2D eigenvalue weighted by Gasteiger charge is 2.36. The van der Waals surface area contributed by atoms with E-state index in [1.165, 1.54) is 0 Å². The van der Waals surface area contributed by atoms with E-state index in [1.807, 2.05) is 48.6 Å². The maximum atomic E-state index is 13.5. The monoisotopic (exact) mass is 342 g/mol. The Bertz CT molecular complexity index is 752. The van der Waals surface area contributed by atoms with Crippen LogP contribution >= 0.6 is 19.8 Å². The zero-order valence-corrected chi connectivity index (χ0v) is 14.0. The van der Waals surface area contributed by atoms with Crippen LogP contribution in [0.25, 0.3) is 0 Å². The lowest BCUT2D eigenvalue weighted by atomic mass is 10.2. The third-order valence-corrected chi connectivity index (χ3v) is 5.66. The zero-order valence-electron chi connectivity index (χ0n) is 12.3. The van der Waals surface area contributed by atoms with Crippen LogP contribution in [-0.4, -0.2) is 4.86 Å². The van der Waals surface area contributed by atoms with Gasteiger partial charge in [-0.3, -0.25) is 0 Å². The molecule has 3 rings (SSSR count). The number of hydrogen-bond acceptors (Lipinski definition) is 4. The highest BCUT2D eigenvalue weighted by atomic mass is 32.1. The Hall–Kier alpha value is -2.16. The highest BCUT2D eigenvalue weighted by molar-refractivity contribution is 7.82. The van der Waals surface area contributed by atoms with E-state index in [-0.39, 0.29) is 0 Å². The molecule has 0 fully saturated rings. The third kappa shape index (κ3) is 3.79. The Balaban J connectivity index is 1.98. The maximum Gasteiger partial charge on any atom is 0.463 e. The summed E-state index contributed by atoms with van der Waals surface area (Å²) < 4.78 is 25.0. The molecule has 23 heavy (non-hydrogen) atoms. The lowest BCUT2D eigenvalue weighted by molar-refractivity contribution is 0.396. The summed E-state index contributed by atoms with van der Waals surface area (Å²) >= 11 is 5.36. The van der Waals surface area contributed by atoms with Gasteiger partial charge in [0.1, 0.15) is 16.8 Å². The number of para-hydroxylation sites is 2. The minimum Gasteiger partial charge on any atom is -0.413 e. The van der Waals surface area contributed by atoms with Crippen molar-refractivity contribution in [3.63, 3.8) is 0 Å². The molecule has 0 atom stereocenters. The topological polar surface area (TPSA) is 35.5 Å². The van der Waals surface area contributed by atoms with E-state index in [0.717, 1.165) is 0 Å². The minimum atomic E-state index is -3.63. The quantitative estimate of drug-likeness (QED) is 0.527. The number of rotatable bonds is 5. The molecule has 0 amide bonds. The molecular formula is C18H15O3PS. The lowest BCUT2D eigenvalue weighted by Gasteiger charge is -2.23. The summed E-state index contributed by atoms with van der Waals surface area (Å²) in [7, 11) is -3.63. The predicted molar refractivity (Wildman–Crippen MR) is 96.2 cm³/mol. The Morgan fingerprint density at radius 3 is 1.87 bits per heavy atom. The van der Waals surface area contributed by atoms with Crippen LogP contribution in [0.4, 0.5) is 0 Å². The van der Waals surface area contributed by atoms with Crippen LogP contribution < -0.4 is 9.05 Å². The number of thiocarbonyl (C=S) groups is 1. The van der Waals surface area contributed by atoms with Gasteiger partial charge in [-0.2, -0.15) is 0 Å². The summed E-state index contributed by atoms with van der Waals surface area (Å²) in [5.41, 5.74) is 0. The molecule has 1 aliphatic rings. The van der Waals surface area contributed by atoms with Crippen LogP contribution in [0, 0.1) is 0 Å². The lowest BCUT2D eigenvalue weighted by Crippen LogP contribution is -2.11. The molecule has 2 aromatic carbocycles. The van der Waals surface area contributed by atoms with Crippen molar-refractivity contribution in [3.8, 4) is 11.5 Å². The van der Waals surface area contributed by atoms with Crippen LogP contribution in [0.1, 0.15) is 6.42 Å². The Morgan fingerprint density at radius 1 is 0.870 bits per heavy atom. The van der Waals surface area contributed by atoms with E-state index in [4.69, 9.17) is 21.3 Å². The van der Waals surface area contributed by atoms with Crippen LogP contribution in [0.5, 0.6) is 11.5 Å². The zero-order chi connectivity index (χ0) is 16.1. The minimum absolute atomic E-state index is 0.433. The molecule has 0 bridgehead atoms. The van der Waals surface area contributed by atoms with Gasteiger partial charge in [0.05, 0.1) is 0 Å². The van der Waals surface area contributed by atoms with Crippen LogP contribution in [0.2, 0.25) is 0 Å². The molecule has 5 heteroatoms. The van der Waals surface area contributed by atoms with Gasteiger partial charge in [0.2, 0.25) is 0 Å². The highest BCUT2D eigenvalue weighted by Crippen LogP contribution is 2.56. The molecule has 116 valence electrons. The SMILES string of the molecule is O=P(Oc1ccccc1)(Oc1ccccc1)C1=CC=CCC1=S. The van der Waals surface area contributed by atoms with Crippen molar-refractivity contribution in [1.29, 1.82) is 0 Å². The summed E-state index contributed by atoms with van der Waals surface area (Å²) in [6.45, 7) is 0. The fourth-order valence-corrected chi connectivity index (χ4v) is 4.33. The van der Waals surface area contributed by atoms with Crippen molar-refractivity contribution < 1.29 is 13.6 Å². The summed E-state index contributed by atoms with van der Waals surface area (Å²) in [6, 6.07) is 17.9. The molecule has 0 radical (unpaired) electrons. The van der Waals surface area contributed by atoms with Gasteiger partial charge in [0, 0.05) is 11.3 Å². The maximum absolute atomic E-state index is 13.5. The van der Waals surface area contributed by atoms with Gasteiger partial charge in [-0.05, 0) is 30.3 Å². The van der Waals surface area contributed by atoms with Crippen molar-refractivity contribution in [2.75, 3.05) is 0 Å². The fourth-order valence-electron chi connectivity index (χ4n) is 2.13. The van der Waals surface area contributed by atoms with Gasteiger partial charge >= 0.3 is 7.60 Å². The largest absolute Gasteiger partial charge is 0.463 e. The Morgan fingerprint density at radius 2 is 1.39 bits per heavy atom. The van der Waals surface area contributed by atoms with E-state index >= 15 is 0 Å². The molecule has 0 spiro atoms. The first-order valence-corrected chi connectivity index (χ1v) is 9.12. The molecule has 0 N–H and O–H groups in total. The number of hydrogen-bond donors (Lipinski definition) is 0.